The Labute approximate surface area is 131 Å². The summed E-state index contributed by atoms with van der Waals surface area (Å²) in [6, 6.07) is 11.7. The number of esters is 1. The van der Waals surface area contributed by atoms with Crippen molar-refractivity contribution in [2.45, 2.75) is 18.7 Å². The van der Waals surface area contributed by atoms with Gasteiger partial charge in [-0.05, 0) is 28.8 Å². The van der Waals surface area contributed by atoms with Crippen molar-refractivity contribution >= 4 is 5.97 Å². The fourth-order valence-corrected chi connectivity index (χ4v) is 2.13. The Kier molecular flexibility index (Phi) is 5.05. The van der Waals surface area contributed by atoms with Crippen molar-refractivity contribution in [2.75, 3.05) is 7.11 Å². The van der Waals surface area contributed by atoms with E-state index in [0.29, 0.717) is 5.56 Å². The molecule has 122 valence electrons. The summed E-state index contributed by atoms with van der Waals surface area (Å²) in [5, 5.41) is 9.58. The lowest BCUT2D eigenvalue weighted by atomic mass is 10.0. The van der Waals surface area contributed by atoms with Crippen LogP contribution in [0.25, 0.3) is 11.1 Å². The number of ether oxygens (including phenoxy) is 1. The van der Waals surface area contributed by atoms with Crippen LogP contribution in [0.15, 0.2) is 48.5 Å². The molecule has 0 radical (unpaired) electrons. The summed E-state index contributed by atoms with van der Waals surface area (Å²) < 4.78 is 42.0. The lowest BCUT2D eigenvalue weighted by Crippen LogP contribution is -2.24. The number of halogens is 3. The normalized spacial score (nSPS) is 12.7. The second-order valence-corrected chi connectivity index (χ2v) is 5.02. The van der Waals surface area contributed by atoms with Gasteiger partial charge in [0.05, 0.1) is 12.7 Å². The SMILES string of the molecule is COC(=O)C(O)Cc1ccc(-c2ccc(C(F)(F)F)cc2)cc1. The number of alkyl halides is 3. The molecule has 2 aromatic rings. The number of aliphatic hydroxyl groups is 1. The molecular weight excluding hydrogens is 309 g/mol. The van der Waals surface area contributed by atoms with Crippen LogP contribution in [0, 0.1) is 0 Å². The molecule has 23 heavy (non-hydrogen) atoms. The number of aliphatic hydroxyl groups excluding tert-OH is 1. The van der Waals surface area contributed by atoms with E-state index in [4.69, 9.17) is 0 Å². The van der Waals surface area contributed by atoms with Crippen LogP contribution in [-0.4, -0.2) is 24.3 Å². The third kappa shape index (κ3) is 4.32. The van der Waals surface area contributed by atoms with Crippen molar-refractivity contribution in [1.29, 1.82) is 0 Å². The molecule has 0 aliphatic rings. The van der Waals surface area contributed by atoms with Gasteiger partial charge in [0.25, 0.3) is 0 Å². The van der Waals surface area contributed by atoms with Gasteiger partial charge in [-0.25, -0.2) is 4.79 Å². The van der Waals surface area contributed by atoms with Crippen LogP contribution in [0.4, 0.5) is 13.2 Å². The maximum atomic E-state index is 12.5. The fraction of sp³-hybridized carbons (Fsp3) is 0.235. The maximum Gasteiger partial charge on any atom is 0.416 e. The van der Waals surface area contributed by atoms with E-state index in [-0.39, 0.29) is 6.42 Å². The Balaban J connectivity index is 2.12. The second-order valence-electron chi connectivity index (χ2n) is 5.02. The predicted octanol–water partition coefficient (Wildman–Crippen LogP) is 3.45. The predicted molar refractivity (Wildman–Crippen MR) is 78.6 cm³/mol. The highest BCUT2D eigenvalue weighted by Gasteiger charge is 2.29. The molecule has 1 N–H and O–H groups in total. The molecule has 0 bridgehead atoms. The Morgan fingerprint density at radius 1 is 1.04 bits per heavy atom. The average Bonchev–Trinajstić information content (AvgIpc) is 2.54. The third-order valence-corrected chi connectivity index (χ3v) is 3.40. The molecule has 0 saturated carbocycles. The van der Waals surface area contributed by atoms with Crippen LogP contribution in [-0.2, 0) is 22.1 Å². The summed E-state index contributed by atoms with van der Waals surface area (Å²) in [7, 11) is 1.19. The number of carbonyl (C=O) groups is 1. The molecule has 0 aromatic heterocycles. The fourth-order valence-electron chi connectivity index (χ4n) is 2.13. The topological polar surface area (TPSA) is 46.5 Å². The van der Waals surface area contributed by atoms with E-state index in [1.54, 1.807) is 24.3 Å². The van der Waals surface area contributed by atoms with Crippen LogP contribution >= 0.6 is 0 Å². The van der Waals surface area contributed by atoms with Crippen molar-refractivity contribution in [3.05, 3.63) is 59.7 Å². The Morgan fingerprint density at radius 3 is 1.96 bits per heavy atom. The molecule has 0 saturated heterocycles. The Bertz CT molecular complexity index is 661. The van der Waals surface area contributed by atoms with Gasteiger partial charge in [0.1, 0.15) is 0 Å². The summed E-state index contributed by atoms with van der Waals surface area (Å²) in [5.74, 6) is -0.711. The van der Waals surface area contributed by atoms with Gasteiger partial charge in [-0.2, -0.15) is 13.2 Å². The summed E-state index contributed by atoms with van der Waals surface area (Å²) in [6.45, 7) is 0. The summed E-state index contributed by atoms with van der Waals surface area (Å²) >= 11 is 0. The van der Waals surface area contributed by atoms with E-state index in [1.807, 2.05) is 0 Å². The molecule has 3 nitrogen and oxygen atoms in total. The number of rotatable bonds is 4. The molecule has 6 heteroatoms. The number of benzene rings is 2. The summed E-state index contributed by atoms with van der Waals surface area (Å²) in [6.07, 6.45) is -5.48. The Hall–Kier alpha value is -2.34. The van der Waals surface area contributed by atoms with Crippen LogP contribution < -0.4 is 0 Å². The third-order valence-electron chi connectivity index (χ3n) is 3.40. The number of methoxy groups -OCH3 is 1. The van der Waals surface area contributed by atoms with Gasteiger partial charge in [0, 0.05) is 6.42 Å². The summed E-state index contributed by atoms with van der Waals surface area (Å²) in [4.78, 5) is 11.2. The molecule has 2 rings (SSSR count). The first-order valence-corrected chi connectivity index (χ1v) is 6.83. The zero-order chi connectivity index (χ0) is 17.0. The highest BCUT2D eigenvalue weighted by Crippen LogP contribution is 2.31. The number of hydrogen-bond acceptors (Lipinski definition) is 3. The van der Waals surface area contributed by atoms with E-state index >= 15 is 0 Å². The van der Waals surface area contributed by atoms with Gasteiger partial charge in [0.2, 0.25) is 0 Å². The van der Waals surface area contributed by atoms with Crippen molar-refractivity contribution in [3.8, 4) is 11.1 Å². The molecule has 0 aliphatic carbocycles. The van der Waals surface area contributed by atoms with Crippen LogP contribution in [0.2, 0.25) is 0 Å². The lowest BCUT2D eigenvalue weighted by Gasteiger charge is -2.10. The lowest BCUT2D eigenvalue weighted by molar-refractivity contribution is -0.150. The second kappa shape index (κ2) is 6.83. The van der Waals surface area contributed by atoms with Gasteiger partial charge < -0.3 is 9.84 Å². The molecule has 0 spiro atoms. The minimum atomic E-state index is -4.35. The van der Waals surface area contributed by atoms with E-state index < -0.39 is 23.8 Å². The highest BCUT2D eigenvalue weighted by molar-refractivity contribution is 5.74. The standard InChI is InChI=1S/C17H15F3O3/c1-23-16(22)15(21)10-11-2-4-12(5-3-11)13-6-8-14(9-7-13)17(18,19)20/h2-9,15,21H,10H2,1H3. The summed E-state index contributed by atoms with van der Waals surface area (Å²) in [5.41, 5.74) is 1.42. The van der Waals surface area contributed by atoms with Crippen molar-refractivity contribution < 1.29 is 27.8 Å². The molecule has 0 fully saturated rings. The van der Waals surface area contributed by atoms with Crippen molar-refractivity contribution in [1.82, 2.24) is 0 Å². The van der Waals surface area contributed by atoms with Gasteiger partial charge in [0.15, 0.2) is 6.10 Å². The van der Waals surface area contributed by atoms with Crippen LogP contribution in [0.3, 0.4) is 0 Å². The highest BCUT2D eigenvalue weighted by atomic mass is 19.4. The zero-order valence-corrected chi connectivity index (χ0v) is 12.3. The Morgan fingerprint density at radius 2 is 1.52 bits per heavy atom. The van der Waals surface area contributed by atoms with Gasteiger partial charge in [-0.1, -0.05) is 36.4 Å². The zero-order valence-electron chi connectivity index (χ0n) is 12.3. The van der Waals surface area contributed by atoms with E-state index in [9.17, 15) is 23.1 Å². The first-order chi connectivity index (χ1) is 10.8. The van der Waals surface area contributed by atoms with Crippen molar-refractivity contribution in [2.24, 2.45) is 0 Å². The van der Waals surface area contributed by atoms with Gasteiger partial charge in [-0.3, -0.25) is 0 Å². The largest absolute Gasteiger partial charge is 0.467 e. The first-order valence-electron chi connectivity index (χ1n) is 6.83. The van der Waals surface area contributed by atoms with Crippen molar-refractivity contribution in [3.63, 3.8) is 0 Å². The first kappa shape index (κ1) is 17.0. The molecule has 1 atom stereocenters. The monoisotopic (exact) mass is 324 g/mol. The van der Waals surface area contributed by atoms with E-state index in [2.05, 4.69) is 4.74 Å². The number of carbonyl (C=O) groups excluding carboxylic acids is 1. The molecular formula is C17H15F3O3. The van der Waals surface area contributed by atoms with Gasteiger partial charge in [-0.15, -0.1) is 0 Å². The smallest absolute Gasteiger partial charge is 0.416 e. The molecule has 1 unspecified atom stereocenters. The van der Waals surface area contributed by atoms with Crippen LogP contribution in [0.5, 0.6) is 0 Å². The van der Waals surface area contributed by atoms with E-state index in [1.165, 1.54) is 19.2 Å². The number of hydrogen-bond donors (Lipinski definition) is 1. The molecule has 0 heterocycles. The van der Waals surface area contributed by atoms with E-state index in [0.717, 1.165) is 23.3 Å². The molecule has 0 aliphatic heterocycles. The molecule has 0 amide bonds. The van der Waals surface area contributed by atoms with Crippen LogP contribution in [0.1, 0.15) is 11.1 Å². The minimum Gasteiger partial charge on any atom is -0.467 e. The molecule has 2 aromatic carbocycles. The minimum absolute atomic E-state index is 0.111. The quantitative estimate of drug-likeness (QED) is 0.876. The maximum absolute atomic E-state index is 12.5. The van der Waals surface area contributed by atoms with Gasteiger partial charge >= 0.3 is 12.1 Å². The average molecular weight is 324 g/mol.